The zero-order chi connectivity index (χ0) is 9.14. The minimum Gasteiger partial charge on any atom is -0.364 e. The molecule has 0 spiro atoms. The number of hydrogen-bond acceptors (Lipinski definition) is 1. The molecule has 0 aliphatic carbocycles. The Hall–Kier alpha value is -1.02. The number of aldehydes is 1. The maximum absolute atomic E-state index is 10.2. The van der Waals surface area contributed by atoms with E-state index in [0.717, 1.165) is 16.8 Å². The lowest BCUT2D eigenvalue weighted by Gasteiger charge is -1.97. The summed E-state index contributed by atoms with van der Waals surface area (Å²) in [6.45, 7) is 3.86. The van der Waals surface area contributed by atoms with Crippen LogP contribution in [0.1, 0.15) is 16.8 Å². The topological polar surface area (TPSA) is 32.9 Å². The molecular formula is C9H10ClNO. The van der Waals surface area contributed by atoms with Crippen molar-refractivity contribution in [1.82, 2.24) is 4.98 Å². The van der Waals surface area contributed by atoms with Crippen molar-refractivity contribution in [3.8, 4) is 0 Å². The molecule has 3 heteroatoms. The van der Waals surface area contributed by atoms with E-state index in [-0.39, 0.29) is 0 Å². The Morgan fingerprint density at radius 1 is 1.58 bits per heavy atom. The van der Waals surface area contributed by atoms with Crippen LogP contribution in [-0.2, 0) is 4.79 Å². The number of aromatic amines is 1. The van der Waals surface area contributed by atoms with Gasteiger partial charge < -0.3 is 4.98 Å². The van der Waals surface area contributed by atoms with Gasteiger partial charge in [-0.2, -0.15) is 0 Å². The molecule has 0 aromatic carbocycles. The van der Waals surface area contributed by atoms with Crippen LogP contribution in [0.15, 0.2) is 12.3 Å². The number of aryl methyl sites for hydroxylation is 2. The Labute approximate surface area is 76.2 Å². The van der Waals surface area contributed by atoms with Crippen molar-refractivity contribution in [2.45, 2.75) is 13.8 Å². The smallest absolute Gasteiger partial charge is 0.144 e. The molecule has 1 N–H and O–H groups in total. The summed E-state index contributed by atoms with van der Waals surface area (Å²) in [4.78, 5) is 13.2. The second-order valence-electron chi connectivity index (χ2n) is 2.62. The molecule has 1 aromatic rings. The van der Waals surface area contributed by atoms with Gasteiger partial charge in [0, 0.05) is 17.5 Å². The van der Waals surface area contributed by atoms with Crippen molar-refractivity contribution in [1.29, 1.82) is 0 Å². The number of carbonyl (C=O) groups excluding carboxylic acids is 1. The second kappa shape index (κ2) is 3.59. The average Bonchev–Trinajstić information content (AvgIpc) is 2.32. The third-order valence-electron chi connectivity index (χ3n) is 1.73. The van der Waals surface area contributed by atoms with Crippen LogP contribution in [0.2, 0.25) is 0 Å². The number of aromatic nitrogens is 1. The molecule has 1 rings (SSSR count). The number of H-pyrrole nitrogens is 1. The lowest BCUT2D eigenvalue weighted by molar-refractivity contribution is -0.104. The van der Waals surface area contributed by atoms with Crippen LogP contribution in [0.5, 0.6) is 0 Å². The normalized spacial score (nSPS) is 11.8. The van der Waals surface area contributed by atoms with Crippen molar-refractivity contribution in [2.75, 3.05) is 0 Å². The minimum absolute atomic E-state index is 0.487. The highest BCUT2D eigenvalue weighted by Gasteiger charge is 2.06. The average molecular weight is 184 g/mol. The Bertz CT molecular complexity index is 306. The molecule has 1 aromatic heterocycles. The quantitative estimate of drug-likeness (QED) is 0.555. The molecule has 64 valence electrons. The van der Waals surface area contributed by atoms with E-state index in [1.807, 2.05) is 20.0 Å². The summed E-state index contributed by atoms with van der Waals surface area (Å²) in [7, 11) is 0. The highest BCUT2D eigenvalue weighted by molar-refractivity contribution is 6.50. The third-order valence-corrected chi connectivity index (χ3v) is 2.04. The number of allylic oxidation sites excluding steroid dienone is 1. The first-order chi connectivity index (χ1) is 5.66. The summed E-state index contributed by atoms with van der Waals surface area (Å²) in [5.74, 6) is 0. The zero-order valence-electron chi connectivity index (χ0n) is 7.02. The molecule has 2 nitrogen and oxygen atoms in total. The van der Waals surface area contributed by atoms with Crippen molar-refractivity contribution in [3.05, 3.63) is 29.1 Å². The van der Waals surface area contributed by atoms with E-state index in [2.05, 4.69) is 4.98 Å². The standard InChI is InChI=1S/C9H10ClNO/c1-6-5-11-7(2)9(6)8(10)3-4-12/h3-5,11H,1-2H3/b8-3+. The van der Waals surface area contributed by atoms with Crippen LogP contribution in [0.3, 0.4) is 0 Å². The van der Waals surface area contributed by atoms with Gasteiger partial charge in [0.2, 0.25) is 0 Å². The third kappa shape index (κ3) is 1.59. The largest absolute Gasteiger partial charge is 0.364 e. The van der Waals surface area contributed by atoms with Crippen LogP contribution in [-0.4, -0.2) is 11.3 Å². The van der Waals surface area contributed by atoms with Crippen molar-refractivity contribution in [2.24, 2.45) is 0 Å². The van der Waals surface area contributed by atoms with Crippen molar-refractivity contribution >= 4 is 22.9 Å². The molecule has 0 atom stereocenters. The van der Waals surface area contributed by atoms with Crippen LogP contribution in [0, 0.1) is 13.8 Å². The van der Waals surface area contributed by atoms with Gasteiger partial charge in [-0.3, -0.25) is 4.79 Å². The molecule has 0 saturated heterocycles. The maximum Gasteiger partial charge on any atom is 0.144 e. The minimum atomic E-state index is 0.487. The summed E-state index contributed by atoms with van der Waals surface area (Å²) in [6, 6.07) is 0. The number of carbonyl (C=O) groups is 1. The monoisotopic (exact) mass is 183 g/mol. The van der Waals surface area contributed by atoms with E-state index in [1.165, 1.54) is 6.08 Å². The Kier molecular flexibility index (Phi) is 2.71. The van der Waals surface area contributed by atoms with Gasteiger partial charge in [0.1, 0.15) is 6.29 Å². The molecular weight excluding hydrogens is 174 g/mol. The number of hydrogen-bond donors (Lipinski definition) is 1. The summed E-state index contributed by atoms with van der Waals surface area (Å²) < 4.78 is 0. The fraction of sp³-hybridized carbons (Fsp3) is 0.222. The fourth-order valence-corrected chi connectivity index (χ4v) is 1.51. The van der Waals surface area contributed by atoms with Crippen LogP contribution < -0.4 is 0 Å². The second-order valence-corrected chi connectivity index (χ2v) is 3.03. The van der Waals surface area contributed by atoms with Crippen LogP contribution >= 0.6 is 11.6 Å². The van der Waals surface area contributed by atoms with E-state index in [9.17, 15) is 4.79 Å². The predicted octanol–water partition coefficient (Wildman–Crippen LogP) is 2.41. The molecule has 0 radical (unpaired) electrons. The fourth-order valence-electron chi connectivity index (χ4n) is 1.17. The Morgan fingerprint density at radius 3 is 2.67 bits per heavy atom. The highest BCUT2D eigenvalue weighted by Crippen LogP contribution is 2.24. The Balaban J connectivity index is 3.17. The maximum atomic E-state index is 10.2. The van der Waals surface area contributed by atoms with E-state index in [1.54, 1.807) is 0 Å². The van der Waals surface area contributed by atoms with Gasteiger partial charge in [-0.15, -0.1) is 0 Å². The zero-order valence-corrected chi connectivity index (χ0v) is 7.77. The molecule has 0 bridgehead atoms. The van der Waals surface area contributed by atoms with Crippen LogP contribution in [0.25, 0.3) is 5.03 Å². The van der Waals surface area contributed by atoms with Crippen LogP contribution in [0.4, 0.5) is 0 Å². The first-order valence-electron chi connectivity index (χ1n) is 3.62. The summed E-state index contributed by atoms with van der Waals surface area (Å²) in [5.41, 5.74) is 2.95. The van der Waals surface area contributed by atoms with E-state index in [0.29, 0.717) is 11.3 Å². The van der Waals surface area contributed by atoms with E-state index < -0.39 is 0 Å². The van der Waals surface area contributed by atoms with Crippen molar-refractivity contribution < 1.29 is 4.79 Å². The van der Waals surface area contributed by atoms with Gasteiger partial charge in [-0.25, -0.2) is 0 Å². The first kappa shape index (κ1) is 9.07. The lowest BCUT2D eigenvalue weighted by Crippen LogP contribution is -1.82. The SMILES string of the molecule is Cc1c[nH]c(C)c1/C(Cl)=C\C=O. The van der Waals surface area contributed by atoms with Gasteiger partial charge in [0.05, 0.1) is 5.03 Å². The molecule has 12 heavy (non-hydrogen) atoms. The summed E-state index contributed by atoms with van der Waals surface area (Å²) in [5, 5.41) is 0.487. The van der Waals surface area contributed by atoms with Gasteiger partial charge >= 0.3 is 0 Å². The molecule has 0 aliphatic rings. The molecule has 0 unspecified atom stereocenters. The molecule has 0 fully saturated rings. The van der Waals surface area contributed by atoms with Crippen molar-refractivity contribution in [3.63, 3.8) is 0 Å². The first-order valence-corrected chi connectivity index (χ1v) is 4.00. The van der Waals surface area contributed by atoms with Gasteiger partial charge in [-0.05, 0) is 25.5 Å². The molecule has 0 amide bonds. The summed E-state index contributed by atoms with van der Waals surface area (Å²) in [6.07, 6.45) is 3.91. The number of halogens is 1. The highest BCUT2D eigenvalue weighted by atomic mass is 35.5. The Morgan fingerprint density at radius 2 is 2.25 bits per heavy atom. The molecule has 1 heterocycles. The van der Waals surface area contributed by atoms with Gasteiger partial charge in [-0.1, -0.05) is 11.6 Å². The van der Waals surface area contributed by atoms with E-state index in [4.69, 9.17) is 11.6 Å². The number of rotatable bonds is 2. The molecule has 0 saturated carbocycles. The number of nitrogens with one attached hydrogen (secondary N) is 1. The van der Waals surface area contributed by atoms with E-state index >= 15 is 0 Å². The van der Waals surface area contributed by atoms with Gasteiger partial charge in [0.15, 0.2) is 0 Å². The lowest BCUT2D eigenvalue weighted by atomic mass is 10.1. The predicted molar refractivity (Wildman–Crippen MR) is 50.2 cm³/mol. The van der Waals surface area contributed by atoms with Gasteiger partial charge in [0.25, 0.3) is 0 Å². The summed E-state index contributed by atoms with van der Waals surface area (Å²) >= 11 is 5.87. The molecule has 0 aliphatic heterocycles.